The van der Waals surface area contributed by atoms with Crippen molar-refractivity contribution in [1.29, 1.82) is 0 Å². The predicted molar refractivity (Wildman–Crippen MR) is 76.1 cm³/mol. The Balaban J connectivity index is 2.31. The van der Waals surface area contributed by atoms with Crippen molar-refractivity contribution in [3.8, 4) is 5.75 Å². The molecular weight excluding hydrogens is 299 g/mol. The molecule has 1 aromatic rings. The van der Waals surface area contributed by atoms with Crippen LogP contribution < -0.4 is 15.2 Å². The maximum Gasteiger partial charge on any atom is 0.241 e. The molecule has 118 valence electrons. The molecule has 1 aliphatic heterocycles. The second-order valence-corrected chi connectivity index (χ2v) is 6.99. The highest BCUT2D eigenvalue weighted by Gasteiger charge is 2.33. The van der Waals surface area contributed by atoms with Gasteiger partial charge in [0.15, 0.2) is 11.6 Å². The first kappa shape index (κ1) is 16.0. The van der Waals surface area contributed by atoms with Crippen molar-refractivity contribution in [2.75, 3.05) is 26.1 Å². The highest BCUT2D eigenvalue weighted by molar-refractivity contribution is 7.89. The third kappa shape index (κ3) is 3.45. The van der Waals surface area contributed by atoms with Gasteiger partial charge in [0, 0.05) is 18.8 Å². The molecule has 8 heteroatoms. The maximum absolute atomic E-state index is 13.8. The molecule has 1 heterocycles. The van der Waals surface area contributed by atoms with E-state index in [1.165, 1.54) is 13.2 Å². The Hall–Kier alpha value is -1.38. The smallest absolute Gasteiger partial charge is 0.241 e. The molecule has 0 spiro atoms. The fourth-order valence-electron chi connectivity index (χ4n) is 2.27. The monoisotopic (exact) mass is 318 g/mol. The topological polar surface area (TPSA) is 90.7 Å². The molecular formula is C13H19FN2O4S. The van der Waals surface area contributed by atoms with Crippen LogP contribution in [0.5, 0.6) is 5.75 Å². The van der Waals surface area contributed by atoms with Gasteiger partial charge in [-0.2, -0.15) is 0 Å². The van der Waals surface area contributed by atoms with Crippen LogP contribution in [0.2, 0.25) is 0 Å². The van der Waals surface area contributed by atoms with Crippen LogP contribution in [0.1, 0.15) is 19.8 Å². The molecule has 0 saturated carbocycles. The van der Waals surface area contributed by atoms with Gasteiger partial charge in [0.25, 0.3) is 0 Å². The van der Waals surface area contributed by atoms with E-state index in [-0.39, 0.29) is 16.3 Å². The summed E-state index contributed by atoms with van der Waals surface area (Å²) in [5, 5.41) is 0. The second kappa shape index (κ2) is 5.78. The van der Waals surface area contributed by atoms with Crippen LogP contribution in [-0.4, -0.2) is 34.3 Å². The molecule has 1 fully saturated rings. The summed E-state index contributed by atoms with van der Waals surface area (Å²) >= 11 is 0. The average molecular weight is 318 g/mol. The number of halogens is 1. The van der Waals surface area contributed by atoms with Crippen LogP contribution in [0, 0.1) is 5.82 Å². The fraction of sp³-hybridized carbons (Fsp3) is 0.538. The number of hydrogen-bond acceptors (Lipinski definition) is 5. The van der Waals surface area contributed by atoms with E-state index in [9.17, 15) is 12.8 Å². The molecule has 6 nitrogen and oxygen atoms in total. The maximum atomic E-state index is 13.8. The first-order chi connectivity index (χ1) is 9.77. The molecule has 0 aliphatic carbocycles. The Morgan fingerprint density at radius 3 is 2.52 bits per heavy atom. The van der Waals surface area contributed by atoms with E-state index in [2.05, 4.69) is 4.72 Å². The number of hydrogen-bond donors (Lipinski definition) is 2. The van der Waals surface area contributed by atoms with Crippen molar-refractivity contribution in [3.63, 3.8) is 0 Å². The van der Waals surface area contributed by atoms with E-state index in [1.54, 1.807) is 6.92 Å². The minimum absolute atomic E-state index is 0.0602. The van der Waals surface area contributed by atoms with Crippen molar-refractivity contribution < 1.29 is 22.3 Å². The highest BCUT2D eigenvalue weighted by Crippen LogP contribution is 2.30. The van der Waals surface area contributed by atoms with Gasteiger partial charge in [0.05, 0.1) is 17.7 Å². The average Bonchev–Trinajstić information content (AvgIpc) is 2.37. The number of methoxy groups -OCH3 is 1. The molecule has 21 heavy (non-hydrogen) atoms. The molecule has 1 aliphatic rings. The first-order valence-corrected chi connectivity index (χ1v) is 8.00. The van der Waals surface area contributed by atoms with Crippen LogP contribution in [0.15, 0.2) is 17.0 Å². The lowest BCUT2D eigenvalue weighted by atomic mass is 9.94. The van der Waals surface area contributed by atoms with Crippen molar-refractivity contribution >= 4 is 15.7 Å². The SMILES string of the molecule is COc1c(N)cc(S(=O)(=O)NC2(C)CCOCC2)cc1F. The second-order valence-electron chi connectivity index (χ2n) is 5.31. The molecule has 0 atom stereocenters. The quantitative estimate of drug-likeness (QED) is 0.816. The van der Waals surface area contributed by atoms with Crippen LogP contribution in [-0.2, 0) is 14.8 Å². The molecule has 2 rings (SSSR count). The van der Waals surface area contributed by atoms with Crippen molar-refractivity contribution in [2.45, 2.75) is 30.2 Å². The summed E-state index contributed by atoms with van der Waals surface area (Å²) in [5.41, 5.74) is 4.95. The van der Waals surface area contributed by atoms with Gasteiger partial charge in [0.2, 0.25) is 10.0 Å². The Kier molecular flexibility index (Phi) is 4.40. The Morgan fingerprint density at radius 1 is 1.38 bits per heavy atom. The van der Waals surface area contributed by atoms with E-state index >= 15 is 0 Å². The van der Waals surface area contributed by atoms with Gasteiger partial charge >= 0.3 is 0 Å². The molecule has 0 bridgehead atoms. The lowest BCUT2D eigenvalue weighted by Gasteiger charge is -2.34. The molecule has 0 amide bonds. The molecule has 0 aromatic heterocycles. The number of ether oxygens (including phenoxy) is 2. The van der Waals surface area contributed by atoms with Crippen LogP contribution in [0.3, 0.4) is 0 Å². The Bertz CT molecular complexity index is 604. The zero-order valence-electron chi connectivity index (χ0n) is 12.0. The normalized spacial score (nSPS) is 18.4. The van der Waals surface area contributed by atoms with Gasteiger partial charge in [-0.05, 0) is 31.9 Å². The lowest BCUT2D eigenvalue weighted by molar-refractivity contribution is 0.0537. The van der Waals surface area contributed by atoms with Gasteiger partial charge in [-0.3, -0.25) is 0 Å². The minimum Gasteiger partial charge on any atom is -0.492 e. The first-order valence-electron chi connectivity index (χ1n) is 6.52. The summed E-state index contributed by atoms with van der Waals surface area (Å²) in [4.78, 5) is -0.217. The zero-order chi connectivity index (χ0) is 15.7. The van der Waals surface area contributed by atoms with Crippen molar-refractivity contribution in [1.82, 2.24) is 4.72 Å². The third-order valence-electron chi connectivity index (χ3n) is 3.54. The van der Waals surface area contributed by atoms with Crippen LogP contribution >= 0.6 is 0 Å². The van der Waals surface area contributed by atoms with Gasteiger partial charge < -0.3 is 15.2 Å². The van der Waals surface area contributed by atoms with Gasteiger partial charge in [0.1, 0.15) is 0 Å². The summed E-state index contributed by atoms with van der Waals surface area (Å²) < 4.78 is 51.2. The minimum atomic E-state index is -3.87. The third-order valence-corrected chi connectivity index (χ3v) is 5.16. The molecule has 1 saturated heterocycles. The van der Waals surface area contributed by atoms with E-state index in [0.29, 0.717) is 26.1 Å². The summed E-state index contributed by atoms with van der Waals surface area (Å²) in [7, 11) is -2.60. The van der Waals surface area contributed by atoms with Crippen LogP contribution in [0.25, 0.3) is 0 Å². The summed E-state index contributed by atoms with van der Waals surface area (Å²) in [6.45, 7) is 2.77. The fourth-order valence-corrected chi connectivity index (χ4v) is 3.78. The van der Waals surface area contributed by atoms with E-state index in [4.69, 9.17) is 15.2 Å². The number of anilines is 1. The largest absolute Gasteiger partial charge is 0.492 e. The Morgan fingerprint density at radius 2 is 2.00 bits per heavy atom. The van der Waals surface area contributed by atoms with Crippen molar-refractivity contribution in [2.24, 2.45) is 0 Å². The number of rotatable bonds is 4. The highest BCUT2D eigenvalue weighted by atomic mass is 32.2. The van der Waals surface area contributed by atoms with Crippen molar-refractivity contribution in [3.05, 3.63) is 17.9 Å². The van der Waals surface area contributed by atoms with Gasteiger partial charge in [-0.1, -0.05) is 0 Å². The zero-order valence-corrected chi connectivity index (χ0v) is 12.8. The number of nitrogens with two attached hydrogens (primary N) is 1. The number of nitrogens with one attached hydrogen (secondary N) is 1. The molecule has 1 aromatic carbocycles. The van der Waals surface area contributed by atoms with Gasteiger partial charge in [-0.15, -0.1) is 0 Å². The molecule has 0 radical (unpaired) electrons. The van der Waals surface area contributed by atoms with Gasteiger partial charge in [-0.25, -0.2) is 17.5 Å². The number of sulfonamides is 1. The Labute approximate surface area is 123 Å². The number of nitrogen functional groups attached to an aromatic ring is 1. The van der Waals surface area contributed by atoms with E-state index in [0.717, 1.165) is 6.07 Å². The van der Waals surface area contributed by atoms with Crippen LogP contribution in [0.4, 0.5) is 10.1 Å². The van der Waals surface area contributed by atoms with E-state index < -0.39 is 21.4 Å². The number of benzene rings is 1. The summed E-state index contributed by atoms with van der Waals surface area (Å²) in [6, 6.07) is 2.09. The summed E-state index contributed by atoms with van der Waals surface area (Å²) in [6.07, 6.45) is 1.11. The molecule has 3 N–H and O–H groups in total. The molecule has 0 unspecified atom stereocenters. The lowest BCUT2D eigenvalue weighted by Crippen LogP contribution is -2.49. The summed E-state index contributed by atoms with van der Waals surface area (Å²) in [5.74, 6) is -0.971. The predicted octanol–water partition coefficient (Wildman–Crippen LogP) is 1.26. The van der Waals surface area contributed by atoms with E-state index in [1.807, 2.05) is 0 Å². The standard InChI is InChI=1S/C13H19FN2O4S/c1-13(3-5-20-6-4-13)16-21(17,18)9-7-10(14)12(19-2)11(15)8-9/h7-8,16H,3-6,15H2,1-2H3.